The molecule has 0 bridgehead atoms. The lowest BCUT2D eigenvalue weighted by atomic mass is 10.3. The molecular weight excluding hydrogens is 308 g/mol. The summed E-state index contributed by atoms with van der Waals surface area (Å²) in [5.74, 6) is 1.73. The fraction of sp³-hybridized carbons (Fsp3) is 0.538. The largest absolute Gasteiger partial charge is 0.304 e. The number of piperazine rings is 1. The summed E-state index contributed by atoms with van der Waals surface area (Å²) in [6.07, 6.45) is -0.0847. The molecule has 1 atom stereocenters. The highest BCUT2D eigenvalue weighted by Crippen LogP contribution is 2.28. The second-order valence-corrected chi connectivity index (χ2v) is 6.78. The van der Waals surface area contributed by atoms with Gasteiger partial charge in [0.05, 0.1) is 5.22 Å². The molecule has 0 aliphatic carbocycles. The molecule has 3 aliphatic rings. The van der Waals surface area contributed by atoms with Crippen molar-refractivity contribution in [3.63, 3.8) is 0 Å². The van der Waals surface area contributed by atoms with Gasteiger partial charge < -0.3 is 4.90 Å². The average Bonchev–Trinajstić information content (AvgIpc) is 3.04. The van der Waals surface area contributed by atoms with Gasteiger partial charge in [-0.2, -0.15) is 5.10 Å². The second-order valence-electron chi connectivity index (χ2n) is 5.55. The van der Waals surface area contributed by atoms with Gasteiger partial charge in [0.1, 0.15) is 10.5 Å². The van der Waals surface area contributed by atoms with E-state index in [0.29, 0.717) is 0 Å². The highest BCUT2D eigenvalue weighted by atomic mass is 35.5. The van der Waals surface area contributed by atoms with Gasteiger partial charge in [-0.15, -0.1) is 11.3 Å². The highest BCUT2D eigenvalue weighted by Gasteiger charge is 2.38. The predicted molar refractivity (Wildman–Crippen MR) is 84.0 cm³/mol. The van der Waals surface area contributed by atoms with E-state index in [1.54, 1.807) is 15.8 Å². The highest BCUT2D eigenvalue weighted by molar-refractivity contribution is 7.07. The first-order valence-electron chi connectivity index (χ1n) is 7.04. The summed E-state index contributed by atoms with van der Waals surface area (Å²) < 4.78 is 2.68. The molecule has 1 saturated heterocycles. The summed E-state index contributed by atoms with van der Waals surface area (Å²) in [6.45, 7) is 6.02. The maximum Gasteiger partial charge on any atom is 0.202 e. The van der Waals surface area contributed by atoms with E-state index in [9.17, 15) is 0 Å². The normalized spacial score (nSPS) is 26.5. The molecule has 1 unspecified atom stereocenters. The minimum absolute atomic E-state index is 0.0847. The fourth-order valence-corrected chi connectivity index (χ4v) is 3.87. The van der Waals surface area contributed by atoms with Crippen molar-refractivity contribution in [2.24, 2.45) is 10.1 Å². The van der Waals surface area contributed by atoms with Crippen LogP contribution in [-0.4, -0.2) is 64.6 Å². The van der Waals surface area contributed by atoms with E-state index in [1.807, 2.05) is 11.9 Å². The van der Waals surface area contributed by atoms with Gasteiger partial charge in [0.15, 0.2) is 5.82 Å². The third kappa shape index (κ3) is 2.07. The number of likely N-dealkylation sites (N-methyl/N-ethyl adjacent to an activating group) is 1. The van der Waals surface area contributed by atoms with Crippen molar-refractivity contribution in [3.8, 4) is 0 Å². The van der Waals surface area contributed by atoms with Crippen molar-refractivity contribution in [2.45, 2.75) is 13.2 Å². The van der Waals surface area contributed by atoms with Crippen LogP contribution in [0.1, 0.15) is 6.92 Å². The molecule has 1 aromatic rings. The molecule has 3 aliphatic heterocycles. The Labute approximate surface area is 132 Å². The quantitative estimate of drug-likeness (QED) is 0.686. The monoisotopic (exact) mass is 324 g/mol. The topological polar surface area (TPSA) is 37.7 Å². The number of halogens is 1. The maximum atomic E-state index is 6.41. The SMILES string of the molecule is CC1=NN2C(=c3ccsc3=NC2N2CCN(C)CC2)N1Cl. The van der Waals surface area contributed by atoms with Crippen LogP contribution in [0.15, 0.2) is 21.5 Å². The number of hydrazone groups is 1. The van der Waals surface area contributed by atoms with Gasteiger partial charge in [-0.25, -0.2) is 14.4 Å². The Morgan fingerprint density at radius 2 is 2.05 bits per heavy atom. The van der Waals surface area contributed by atoms with Crippen molar-refractivity contribution in [1.82, 2.24) is 19.2 Å². The molecule has 0 saturated carbocycles. The van der Waals surface area contributed by atoms with E-state index in [4.69, 9.17) is 16.8 Å². The molecule has 0 aromatic carbocycles. The molecule has 21 heavy (non-hydrogen) atoms. The van der Waals surface area contributed by atoms with Crippen LogP contribution in [0.4, 0.5) is 0 Å². The van der Waals surface area contributed by atoms with E-state index >= 15 is 0 Å². The van der Waals surface area contributed by atoms with Gasteiger partial charge >= 0.3 is 0 Å². The molecule has 0 N–H and O–H groups in total. The maximum absolute atomic E-state index is 6.41. The second kappa shape index (κ2) is 4.95. The lowest BCUT2D eigenvalue weighted by Crippen LogP contribution is -2.56. The van der Waals surface area contributed by atoms with Crippen molar-refractivity contribution in [1.29, 1.82) is 0 Å². The van der Waals surface area contributed by atoms with Crippen LogP contribution in [-0.2, 0) is 0 Å². The van der Waals surface area contributed by atoms with Gasteiger partial charge in [0.25, 0.3) is 0 Å². The summed E-state index contributed by atoms with van der Waals surface area (Å²) in [5.41, 5.74) is 0. The number of fused-ring (bicyclic) bond motifs is 2. The molecule has 8 heteroatoms. The van der Waals surface area contributed by atoms with Gasteiger partial charge in [0.2, 0.25) is 6.29 Å². The Kier molecular flexibility index (Phi) is 3.18. The number of hydrogen-bond donors (Lipinski definition) is 0. The minimum atomic E-state index is -0.0847. The van der Waals surface area contributed by atoms with Gasteiger partial charge in [0, 0.05) is 38.0 Å². The van der Waals surface area contributed by atoms with Crippen molar-refractivity contribution >= 4 is 34.8 Å². The van der Waals surface area contributed by atoms with E-state index in [0.717, 1.165) is 47.7 Å². The Balaban J connectivity index is 1.77. The zero-order valence-electron chi connectivity index (χ0n) is 12.0. The van der Waals surface area contributed by atoms with Crippen molar-refractivity contribution in [2.75, 3.05) is 33.2 Å². The summed E-state index contributed by atoms with van der Waals surface area (Å²) in [5, 5.41) is 9.70. The molecule has 112 valence electrons. The summed E-state index contributed by atoms with van der Waals surface area (Å²) in [7, 11) is 2.16. The summed E-state index contributed by atoms with van der Waals surface area (Å²) in [4.78, 5) is 9.61. The Hall–Kier alpha value is -1.15. The Morgan fingerprint density at radius 1 is 1.29 bits per heavy atom. The van der Waals surface area contributed by atoms with E-state index in [-0.39, 0.29) is 6.29 Å². The van der Waals surface area contributed by atoms with Crippen LogP contribution >= 0.6 is 23.1 Å². The number of thiophene rings is 1. The number of rotatable bonds is 1. The first kappa shape index (κ1) is 13.5. The lowest BCUT2D eigenvalue weighted by molar-refractivity contribution is 0.0438. The lowest BCUT2D eigenvalue weighted by Gasteiger charge is -2.39. The molecule has 1 aromatic heterocycles. The Morgan fingerprint density at radius 3 is 2.81 bits per heavy atom. The fourth-order valence-electron chi connectivity index (χ4n) is 2.90. The molecule has 0 radical (unpaired) electrons. The minimum Gasteiger partial charge on any atom is -0.304 e. The molecule has 4 heterocycles. The Bertz CT molecular complexity index is 704. The summed E-state index contributed by atoms with van der Waals surface area (Å²) in [6, 6.07) is 2.07. The van der Waals surface area contributed by atoms with Crippen LogP contribution in [0.5, 0.6) is 0 Å². The van der Waals surface area contributed by atoms with E-state index < -0.39 is 0 Å². The third-order valence-corrected chi connectivity index (χ3v) is 5.37. The van der Waals surface area contributed by atoms with Crippen LogP contribution in [0.25, 0.3) is 5.82 Å². The van der Waals surface area contributed by atoms with Crippen LogP contribution in [0, 0.1) is 0 Å². The standard InChI is InChI=1S/C13H17ClN6S/c1-9-16-20-12(19(9)14)10-3-8-21-11(10)15-13(20)18-6-4-17(2)5-7-18/h3,8,13H,4-7H2,1-2H3. The van der Waals surface area contributed by atoms with Gasteiger partial charge in [-0.1, -0.05) is 0 Å². The van der Waals surface area contributed by atoms with Crippen LogP contribution in [0.2, 0.25) is 0 Å². The zero-order valence-corrected chi connectivity index (χ0v) is 13.6. The van der Waals surface area contributed by atoms with Crippen molar-refractivity contribution < 1.29 is 0 Å². The molecule has 4 rings (SSSR count). The number of nitrogens with zero attached hydrogens (tertiary/aromatic N) is 6. The smallest absolute Gasteiger partial charge is 0.202 e. The van der Waals surface area contributed by atoms with E-state index in [1.165, 1.54) is 0 Å². The van der Waals surface area contributed by atoms with Crippen molar-refractivity contribution in [3.05, 3.63) is 21.3 Å². The molecule has 6 nitrogen and oxygen atoms in total. The number of amidine groups is 1. The number of hydrogen-bond acceptors (Lipinski definition) is 7. The zero-order chi connectivity index (χ0) is 14.6. The first-order chi connectivity index (χ1) is 10.1. The van der Waals surface area contributed by atoms with Gasteiger partial charge in [-0.3, -0.25) is 4.90 Å². The molecule has 0 spiro atoms. The molecule has 1 fully saturated rings. The average molecular weight is 325 g/mol. The van der Waals surface area contributed by atoms with E-state index in [2.05, 4.69) is 33.4 Å². The van der Waals surface area contributed by atoms with Crippen LogP contribution in [0.3, 0.4) is 0 Å². The molecular formula is C13H17ClN6S. The van der Waals surface area contributed by atoms with Gasteiger partial charge in [-0.05, 0) is 25.4 Å². The molecule has 0 amide bonds. The summed E-state index contributed by atoms with van der Waals surface area (Å²) >= 11 is 8.07. The predicted octanol–water partition coefficient (Wildman–Crippen LogP) is 0.0828. The third-order valence-electron chi connectivity index (χ3n) is 4.14. The van der Waals surface area contributed by atoms with Crippen LogP contribution < -0.4 is 9.89 Å². The first-order valence-corrected chi connectivity index (χ1v) is 8.25.